The Morgan fingerprint density at radius 1 is 1.19 bits per heavy atom. The number of hydrazine groups is 1. The highest BCUT2D eigenvalue weighted by molar-refractivity contribution is 7.89. The largest absolute Gasteiger partial charge is 0.301 e. The third-order valence-corrected chi connectivity index (χ3v) is 10.6. The number of aromatic nitrogens is 2. The van der Waals surface area contributed by atoms with E-state index in [1.54, 1.807) is 30.4 Å². The van der Waals surface area contributed by atoms with Crippen molar-refractivity contribution in [3.05, 3.63) is 75.6 Å². The monoisotopic (exact) mass is 543 g/mol. The van der Waals surface area contributed by atoms with E-state index in [0.717, 1.165) is 42.6 Å². The van der Waals surface area contributed by atoms with Gasteiger partial charge in [0.25, 0.3) is 0 Å². The number of allylic oxidation sites excluding steroid dienone is 3. The highest BCUT2D eigenvalue weighted by atomic mass is 35.5. The first kappa shape index (κ1) is 24.7. The number of hydrogen-bond donors (Lipinski definition) is 1. The van der Waals surface area contributed by atoms with E-state index in [-0.39, 0.29) is 27.7 Å². The van der Waals surface area contributed by atoms with Gasteiger partial charge in [-0.1, -0.05) is 24.1 Å². The van der Waals surface area contributed by atoms with Crippen LogP contribution in [0.15, 0.2) is 63.9 Å². The molecule has 0 unspecified atom stereocenters. The number of sulfonamides is 1. The first-order valence-corrected chi connectivity index (χ1v) is 14.6. The fraction of sp³-hybridized carbons (Fsp3) is 0.444. The molecule has 0 radical (unpaired) electrons. The summed E-state index contributed by atoms with van der Waals surface area (Å²) in [6.07, 6.45) is 8.16. The Bertz CT molecular complexity index is 1460. The van der Waals surface area contributed by atoms with Crippen molar-refractivity contribution in [2.45, 2.75) is 44.4 Å². The van der Waals surface area contributed by atoms with Gasteiger partial charge in [-0.05, 0) is 80.4 Å². The Labute approximate surface area is 222 Å². The summed E-state index contributed by atoms with van der Waals surface area (Å²) in [6, 6.07) is 6.45. The van der Waals surface area contributed by atoms with Gasteiger partial charge in [0, 0.05) is 37.8 Å². The average molecular weight is 544 g/mol. The van der Waals surface area contributed by atoms with Gasteiger partial charge in [0.05, 0.1) is 17.1 Å². The summed E-state index contributed by atoms with van der Waals surface area (Å²) in [5.74, 6) is 0.420. The molecule has 1 fully saturated rings. The minimum atomic E-state index is -3.79. The van der Waals surface area contributed by atoms with Crippen LogP contribution < -0.4 is 10.4 Å². The second-order valence-corrected chi connectivity index (χ2v) is 12.8. The third-order valence-electron chi connectivity index (χ3n) is 8.07. The normalized spacial score (nSPS) is 23.2. The zero-order valence-electron chi connectivity index (χ0n) is 21.2. The predicted molar refractivity (Wildman–Crippen MR) is 142 cm³/mol. The molecule has 0 saturated heterocycles. The maximum Gasteiger partial charge on any atom is 0.248 e. The summed E-state index contributed by atoms with van der Waals surface area (Å²) in [7, 11) is -2.12. The first-order chi connectivity index (χ1) is 17.6. The molecule has 1 N–H and O–H groups in total. The van der Waals surface area contributed by atoms with Crippen molar-refractivity contribution in [2.24, 2.45) is 24.8 Å². The van der Waals surface area contributed by atoms with E-state index in [4.69, 9.17) is 11.6 Å². The van der Waals surface area contributed by atoms with Crippen LogP contribution in [0.3, 0.4) is 0 Å². The summed E-state index contributed by atoms with van der Waals surface area (Å²) in [5, 5.41) is 6.40. The fourth-order valence-corrected chi connectivity index (χ4v) is 8.31. The van der Waals surface area contributed by atoms with E-state index in [1.807, 2.05) is 11.2 Å². The highest BCUT2D eigenvalue weighted by Crippen LogP contribution is 2.48. The average Bonchev–Trinajstić information content (AvgIpc) is 3.31. The second-order valence-electron chi connectivity index (χ2n) is 10.6. The Kier molecular flexibility index (Phi) is 6.00. The van der Waals surface area contributed by atoms with Crippen LogP contribution in [0.25, 0.3) is 0 Å². The molecule has 1 aliphatic heterocycles. The van der Waals surface area contributed by atoms with E-state index >= 15 is 0 Å². The number of hydrogen-bond acceptors (Lipinski definition) is 5. The molecule has 3 aliphatic carbocycles. The van der Waals surface area contributed by atoms with Crippen LogP contribution in [0.2, 0.25) is 5.15 Å². The maximum absolute atomic E-state index is 13.9. The van der Waals surface area contributed by atoms with Gasteiger partial charge in [0.15, 0.2) is 0 Å². The lowest BCUT2D eigenvalue weighted by Gasteiger charge is -2.32. The van der Waals surface area contributed by atoms with Gasteiger partial charge >= 0.3 is 0 Å². The lowest BCUT2D eigenvalue weighted by Crippen LogP contribution is -2.38. The molecule has 1 aromatic carbocycles. The Balaban J connectivity index is 1.31. The smallest absolute Gasteiger partial charge is 0.248 e. The Morgan fingerprint density at radius 3 is 2.57 bits per heavy atom. The van der Waals surface area contributed by atoms with Crippen molar-refractivity contribution in [2.75, 3.05) is 18.1 Å². The van der Waals surface area contributed by atoms with Crippen molar-refractivity contribution in [3.63, 3.8) is 0 Å². The molecule has 2 aromatic rings. The number of benzene rings is 1. The lowest BCUT2D eigenvalue weighted by atomic mass is 9.80. The second kappa shape index (κ2) is 8.99. The predicted octanol–water partition coefficient (Wildman–Crippen LogP) is 5.07. The van der Waals surface area contributed by atoms with Crippen LogP contribution in [0.4, 0.5) is 10.1 Å². The van der Waals surface area contributed by atoms with Crippen molar-refractivity contribution in [1.29, 1.82) is 0 Å². The van der Waals surface area contributed by atoms with E-state index in [9.17, 15) is 12.8 Å². The summed E-state index contributed by atoms with van der Waals surface area (Å²) < 4.78 is 44.4. The van der Waals surface area contributed by atoms with Crippen LogP contribution in [0.1, 0.15) is 38.3 Å². The maximum atomic E-state index is 13.9. The topological polar surface area (TPSA) is 70.5 Å². The van der Waals surface area contributed by atoms with E-state index < -0.39 is 10.0 Å². The number of nitrogens with zero attached hydrogens (tertiary/aromatic N) is 4. The summed E-state index contributed by atoms with van der Waals surface area (Å²) in [4.78, 5) is 0.126. The SMILES string of the molecule is Cc1nn(C)c(Cl)c1S(=O)(=O)N(CC1CC1)C[C@H]1CCC2=C1[C@@H](C)C1=CNN(c3ccc(F)cc3)C1=C2. The lowest BCUT2D eigenvalue weighted by molar-refractivity contribution is 0.345. The van der Waals surface area contributed by atoms with Gasteiger partial charge in [-0.25, -0.2) is 12.8 Å². The number of halogens is 2. The molecule has 10 heteroatoms. The van der Waals surface area contributed by atoms with Crippen LogP contribution >= 0.6 is 11.6 Å². The molecule has 1 saturated carbocycles. The van der Waals surface area contributed by atoms with Gasteiger partial charge < -0.3 is 5.43 Å². The number of aryl methyl sites for hydroxylation is 2. The molecule has 7 nitrogen and oxygen atoms in total. The van der Waals surface area contributed by atoms with Crippen LogP contribution in [0, 0.1) is 30.5 Å². The van der Waals surface area contributed by atoms with E-state index in [0.29, 0.717) is 24.7 Å². The van der Waals surface area contributed by atoms with Crippen LogP contribution in [-0.4, -0.2) is 35.6 Å². The summed E-state index contributed by atoms with van der Waals surface area (Å²) in [6.45, 7) is 4.86. The van der Waals surface area contributed by atoms with Gasteiger partial charge in [0.1, 0.15) is 15.9 Å². The molecular formula is C27H31ClFN5O2S. The highest BCUT2D eigenvalue weighted by Gasteiger charge is 2.42. The molecule has 0 spiro atoms. The van der Waals surface area contributed by atoms with Crippen LogP contribution in [-0.2, 0) is 17.1 Å². The summed E-state index contributed by atoms with van der Waals surface area (Å²) in [5.41, 5.74) is 9.46. The van der Waals surface area contributed by atoms with Crippen molar-refractivity contribution in [3.8, 4) is 0 Å². The zero-order chi connectivity index (χ0) is 26.1. The number of nitrogens with one attached hydrogen (secondary N) is 1. The van der Waals surface area contributed by atoms with E-state index in [1.165, 1.54) is 28.0 Å². The molecule has 37 heavy (non-hydrogen) atoms. The molecule has 0 bridgehead atoms. The van der Waals surface area contributed by atoms with Crippen molar-refractivity contribution in [1.82, 2.24) is 19.5 Å². The standard InChI is InChI=1S/C27H31ClFN5O2S/c1-16-23-13-30-34(22-10-8-21(29)9-11-22)24(23)12-19-6-7-20(25(16)19)15-33(14-18-4-5-18)37(35,36)26-17(2)31-32(3)27(26)28/h8-13,16,18,20,30H,4-7,14-15H2,1-3H3/t16-,20+/m0/s1. The van der Waals surface area contributed by atoms with E-state index in [2.05, 4.69) is 23.5 Å². The van der Waals surface area contributed by atoms with Gasteiger partial charge in [-0.3, -0.25) is 9.69 Å². The van der Waals surface area contributed by atoms with Gasteiger partial charge in [-0.2, -0.15) is 9.40 Å². The molecule has 2 atom stereocenters. The quantitative estimate of drug-likeness (QED) is 0.528. The third kappa shape index (κ3) is 4.21. The minimum absolute atomic E-state index is 0.126. The molecule has 196 valence electrons. The molecule has 6 rings (SSSR count). The molecule has 2 heterocycles. The van der Waals surface area contributed by atoms with Crippen molar-refractivity contribution < 1.29 is 12.8 Å². The minimum Gasteiger partial charge on any atom is -0.301 e. The molecule has 1 aromatic heterocycles. The molecule has 4 aliphatic rings. The number of fused-ring (bicyclic) bond motifs is 1. The Morgan fingerprint density at radius 2 is 1.92 bits per heavy atom. The number of anilines is 1. The first-order valence-electron chi connectivity index (χ1n) is 12.8. The van der Waals surface area contributed by atoms with Crippen molar-refractivity contribution >= 4 is 27.3 Å². The molecular weight excluding hydrogens is 513 g/mol. The fourth-order valence-electron chi connectivity index (χ4n) is 6.04. The van der Waals surface area contributed by atoms with Crippen LogP contribution in [0.5, 0.6) is 0 Å². The number of rotatable bonds is 7. The van der Waals surface area contributed by atoms with Gasteiger partial charge in [0.2, 0.25) is 10.0 Å². The molecule has 0 amide bonds. The Hall–Kier alpha value is -2.62. The van der Waals surface area contributed by atoms with Gasteiger partial charge in [-0.15, -0.1) is 0 Å². The summed E-state index contributed by atoms with van der Waals surface area (Å²) >= 11 is 6.42. The zero-order valence-corrected chi connectivity index (χ0v) is 22.8.